The van der Waals surface area contributed by atoms with E-state index >= 15 is 0 Å². The van der Waals surface area contributed by atoms with E-state index in [1.165, 1.54) is 13.3 Å². The summed E-state index contributed by atoms with van der Waals surface area (Å²) in [5, 5.41) is 7.48. The summed E-state index contributed by atoms with van der Waals surface area (Å²) in [5.41, 5.74) is 12.3. The zero-order valence-electron chi connectivity index (χ0n) is 12.3. The Balaban J connectivity index is 2.85. The first-order valence-electron chi connectivity index (χ1n) is 6.61. The Kier molecular flexibility index (Phi) is 4.40. The highest BCUT2D eigenvalue weighted by Gasteiger charge is 2.32. The molecule has 0 saturated carbocycles. The molecule has 4 nitrogen and oxygen atoms in total. The molecule has 120 valence electrons. The fraction of sp³-hybridized carbons (Fsp3) is 0.125. The lowest BCUT2D eigenvalue weighted by atomic mass is 9.92. The molecule has 0 unspecified atom stereocenters. The summed E-state index contributed by atoms with van der Waals surface area (Å²) in [6.07, 6.45) is -2.14. The van der Waals surface area contributed by atoms with Crippen LogP contribution in [0.2, 0.25) is 0 Å². The molecule has 2 rings (SSSR count). The molecule has 0 spiro atoms. The van der Waals surface area contributed by atoms with Crippen LogP contribution in [0.4, 0.5) is 24.5 Å². The molecule has 23 heavy (non-hydrogen) atoms. The predicted octanol–water partition coefficient (Wildman–Crippen LogP) is 3.58. The van der Waals surface area contributed by atoms with Gasteiger partial charge in [0.2, 0.25) is 0 Å². The van der Waals surface area contributed by atoms with Crippen LogP contribution in [-0.2, 0) is 6.18 Å². The molecule has 5 N–H and O–H groups in total. The Morgan fingerprint density at radius 1 is 1.04 bits per heavy atom. The van der Waals surface area contributed by atoms with Gasteiger partial charge in [0, 0.05) is 42.0 Å². The predicted molar refractivity (Wildman–Crippen MR) is 87.1 cm³/mol. The van der Waals surface area contributed by atoms with Crippen LogP contribution in [0.5, 0.6) is 0 Å². The van der Waals surface area contributed by atoms with Gasteiger partial charge in [-0.1, -0.05) is 12.1 Å². The summed E-state index contributed by atoms with van der Waals surface area (Å²) in [6, 6.07) is 6.67. The monoisotopic (exact) mass is 320 g/mol. The molecule has 0 aliphatic heterocycles. The molecule has 0 aromatic heterocycles. The minimum absolute atomic E-state index is 0.119. The Bertz CT molecular complexity index is 780. The highest BCUT2D eigenvalue weighted by molar-refractivity contribution is 6.02. The second kappa shape index (κ2) is 6.12. The molecular weight excluding hydrogens is 305 g/mol. The van der Waals surface area contributed by atoms with Crippen molar-refractivity contribution in [3.63, 3.8) is 0 Å². The largest absolute Gasteiger partial charge is 0.416 e. The average Bonchev–Trinajstić information content (AvgIpc) is 2.47. The van der Waals surface area contributed by atoms with E-state index in [-0.39, 0.29) is 16.8 Å². The smallest absolute Gasteiger partial charge is 0.398 e. The van der Waals surface area contributed by atoms with Crippen LogP contribution >= 0.6 is 0 Å². The Hall–Kier alpha value is -2.83. The van der Waals surface area contributed by atoms with Gasteiger partial charge >= 0.3 is 6.18 Å². The molecule has 0 heterocycles. The molecule has 0 aliphatic carbocycles. The Labute approximate surface area is 131 Å². The van der Waals surface area contributed by atoms with Crippen LogP contribution < -0.4 is 11.5 Å². The zero-order valence-corrected chi connectivity index (χ0v) is 12.3. The maximum Gasteiger partial charge on any atom is 0.416 e. The summed E-state index contributed by atoms with van der Waals surface area (Å²) < 4.78 is 39.2. The molecule has 0 saturated heterocycles. The van der Waals surface area contributed by atoms with Crippen molar-refractivity contribution in [2.75, 3.05) is 18.5 Å². The van der Waals surface area contributed by atoms with E-state index in [0.29, 0.717) is 16.8 Å². The third-order valence-corrected chi connectivity index (χ3v) is 3.37. The van der Waals surface area contributed by atoms with Crippen molar-refractivity contribution < 1.29 is 13.2 Å². The van der Waals surface area contributed by atoms with Crippen LogP contribution in [0, 0.1) is 5.41 Å². The minimum atomic E-state index is -4.54. The minimum Gasteiger partial charge on any atom is -0.398 e. The first-order valence-corrected chi connectivity index (χ1v) is 6.61. The summed E-state index contributed by atoms with van der Waals surface area (Å²) >= 11 is 0. The SMILES string of the molecule is CN=Cc1c(N)cccc1-c1cc(C(F)(F)F)cc(N)c1C=N. The number of benzene rings is 2. The highest BCUT2D eigenvalue weighted by Crippen LogP contribution is 2.38. The quantitative estimate of drug-likeness (QED) is 0.596. The van der Waals surface area contributed by atoms with Crippen LogP contribution in [0.25, 0.3) is 11.1 Å². The van der Waals surface area contributed by atoms with Crippen LogP contribution in [-0.4, -0.2) is 19.5 Å². The van der Waals surface area contributed by atoms with Gasteiger partial charge in [-0.05, 0) is 29.3 Å². The van der Waals surface area contributed by atoms with E-state index in [2.05, 4.69) is 4.99 Å². The number of hydrogen-bond donors (Lipinski definition) is 3. The molecule has 2 aromatic rings. The van der Waals surface area contributed by atoms with E-state index < -0.39 is 11.7 Å². The highest BCUT2D eigenvalue weighted by atomic mass is 19.4. The maximum absolute atomic E-state index is 13.1. The van der Waals surface area contributed by atoms with E-state index in [4.69, 9.17) is 16.9 Å². The number of nitrogen functional groups attached to an aromatic ring is 2. The normalized spacial score (nSPS) is 11.8. The molecule has 7 heteroatoms. The van der Waals surface area contributed by atoms with Crippen LogP contribution in [0.1, 0.15) is 16.7 Å². The molecule has 0 atom stereocenters. The first-order chi connectivity index (χ1) is 10.8. The van der Waals surface area contributed by atoms with Gasteiger partial charge < -0.3 is 16.9 Å². The molecule has 0 bridgehead atoms. The van der Waals surface area contributed by atoms with E-state index in [0.717, 1.165) is 18.3 Å². The van der Waals surface area contributed by atoms with Crippen LogP contribution in [0.3, 0.4) is 0 Å². The van der Waals surface area contributed by atoms with E-state index in [9.17, 15) is 13.2 Å². The van der Waals surface area contributed by atoms with Gasteiger partial charge in [-0.3, -0.25) is 4.99 Å². The second-order valence-corrected chi connectivity index (χ2v) is 4.86. The maximum atomic E-state index is 13.1. The number of aliphatic imine (C=N–C) groups is 1. The van der Waals surface area contributed by atoms with Gasteiger partial charge in [0.1, 0.15) is 0 Å². The number of halogens is 3. The number of alkyl halides is 3. The molecule has 2 aromatic carbocycles. The van der Waals surface area contributed by atoms with Crippen LogP contribution in [0.15, 0.2) is 35.3 Å². The van der Waals surface area contributed by atoms with Crippen molar-refractivity contribution in [1.82, 2.24) is 0 Å². The fourth-order valence-corrected chi connectivity index (χ4v) is 2.31. The van der Waals surface area contributed by atoms with Crippen molar-refractivity contribution in [3.05, 3.63) is 47.0 Å². The lowest BCUT2D eigenvalue weighted by molar-refractivity contribution is -0.137. The number of nitrogens with one attached hydrogen (secondary N) is 1. The lowest BCUT2D eigenvalue weighted by Crippen LogP contribution is -2.09. The van der Waals surface area contributed by atoms with Crippen molar-refractivity contribution in [1.29, 1.82) is 5.41 Å². The number of rotatable bonds is 3. The topological polar surface area (TPSA) is 88.2 Å². The van der Waals surface area contributed by atoms with E-state index in [1.807, 2.05) is 0 Å². The van der Waals surface area contributed by atoms with Gasteiger partial charge in [-0.15, -0.1) is 0 Å². The van der Waals surface area contributed by atoms with Gasteiger partial charge in [0.25, 0.3) is 0 Å². The molecular formula is C16H15F3N4. The molecule has 0 radical (unpaired) electrons. The summed E-state index contributed by atoms with van der Waals surface area (Å²) in [7, 11) is 1.54. The average molecular weight is 320 g/mol. The van der Waals surface area contributed by atoms with Crippen molar-refractivity contribution >= 4 is 23.8 Å². The lowest BCUT2D eigenvalue weighted by Gasteiger charge is -2.16. The summed E-state index contributed by atoms with van der Waals surface area (Å²) in [4.78, 5) is 3.89. The number of nitrogens with zero attached hydrogens (tertiary/aromatic N) is 1. The second-order valence-electron chi connectivity index (χ2n) is 4.86. The van der Waals surface area contributed by atoms with Crippen molar-refractivity contribution in [2.24, 2.45) is 4.99 Å². The van der Waals surface area contributed by atoms with Gasteiger partial charge in [0.05, 0.1) is 5.56 Å². The van der Waals surface area contributed by atoms with Gasteiger partial charge in [-0.25, -0.2) is 0 Å². The van der Waals surface area contributed by atoms with E-state index in [1.54, 1.807) is 18.2 Å². The van der Waals surface area contributed by atoms with Gasteiger partial charge in [-0.2, -0.15) is 13.2 Å². The molecule has 0 aliphatic rings. The fourth-order valence-electron chi connectivity index (χ4n) is 2.31. The number of nitrogens with two attached hydrogens (primary N) is 2. The molecule has 0 amide bonds. The summed E-state index contributed by atoms with van der Waals surface area (Å²) in [6.45, 7) is 0. The third-order valence-electron chi connectivity index (χ3n) is 3.37. The first kappa shape index (κ1) is 16.5. The number of hydrogen-bond acceptors (Lipinski definition) is 4. The Morgan fingerprint density at radius 2 is 1.74 bits per heavy atom. The molecule has 0 fully saturated rings. The summed E-state index contributed by atoms with van der Waals surface area (Å²) in [5.74, 6) is 0. The zero-order chi connectivity index (χ0) is 17.2. The van der Waals surface area contributed by atoms with Crippen molar-refractivity contribution in [3.8, 4) is 11.1 Å². The third kappa shape index (κ3) is 3.18. The number of anilines is 2. The van der Waals surface area contributed by atoms with Crippen molar-refractivity contribution in [2.45, 2.75) is 6.18 Å². The standard InChI is InChI=1S/C16H15F3N4/c1-23-8-13-10(3-2-4-14(13)21)11-5-9(16(17,18)19)6-15(22)12(11)7-20/h2-8,20H,21-22H2,1H3. The van der Waals surface area contributed by atoms with Gasteiger partial charge in [0.15, 0.2) is 0 Å². The Morgan fingerprint density at radius 3 is 2.30 bits per heavy atom.